The first-order chi connectivity index (χ1) is 11.9. The summed E-state index contributed by atoms with van der Waals surface area (Å²) in [6.07, 6.45) is 0. The van der Waals surface area contributed by atoms with Crippen molar-refractivity contribution in [3.63, 3.8) is 0 Å². The Morgan fingerprint density at radius 2 is 2.04 bits per heavy atom. The third-order valence-electron chi connectivity index (χ3n) is 3.39. The lowest BCUT2D eigenvalue weighted by atomic mass is 10.3. The average molecular weight is 382 g/mol. The van der Waals surface area contributed by atoms with Crippen molar-refractivity contribution in [2.24, 2.45) is 0 Å². The molecule has 0 saturated carbocycles. The van der Waals surface area contributed by atoms with Crippen LogP contribution in [0.25, 0.3) is 11.1 Å². The highest BCUT2D eigenvalue weighted by molar-refractivity contribution is 6.43. The Bertz CT molecular complexity index is 1060. The van der Waals surface area contributed by atoms with Gasteiger partial charge in [-0.15, -0.1) is 0 Å². The number of non-ortho nitro benzene ring substituents is 1. The summed E-state index contributed by atoms with van der Waals surface area (Å²) in [5.41, 5.74) is 0.370. The number of oxazole rings is 1. The Hall–Kier alpha value is -2.84. The number of hydrogen-bond acceptors (Lipinski definition) is 5. The molecule has 0 bridgehead atoms. The lowest BCUT2D eigenvalue weighted by Gasteiger charge is -2.08. The number of hydrogen-bond donors (Lipinski definition) is 1. The molecule has 1 aromatic heterocycles. The summed E-state index contributed by atoms with van der Waals surface area (Å²) in [7, 11) is 0. The molecule has 0 fully saturated rings. The van der Waals surface area contributed by atoms with E-state index in [-0.39, 0.29) is 33.4 Å². The highest BCUT2D eigenvalue weighted by Gasteiger charge is 2.17. The normalized spacial score (nSPS) is 10.8. The Kier molecular flexibility index (Phi) is 4.47. The zero-order valence-corrected chi connectivity index (χ0v) is 13.9. The van der Waals surface area contributed by atoms with Crippen molar-refractivity contribution >= 4 is 51.6 Å². The van der Waals surface area contributed by atoms with Crippen molar-refractivity contribution < 1.29 is 14.1 Å². The average Bonchev–Trinajstić information content (AvgIpc) is 2.86. The quantitative estimate of drug-likeness (QED) is 0.549. The number of nitro groups is 1. The minimum Gasteiger partial charge on any atom is -0.407 e. The van der Waals surface area contributed by atoms with E-state index in [2.05, 4.69) is 5.32 Å². The molecule has 10 heteroatoms. The van der Waals surface area contributed by atoms with Gasteiger partial charge in [-0.25, -0.2) is 4.79 Å². The number of rotatable bonds is 4. The predicted octanol–water partition coefficient (Wildman–Crippen LogP) is 3.45. The first-order valence-corrected chi connectivity index (χ1v) is 7.64. The molecule has 2 aromatic carbocycles. The molecule has 0 radical (unpaired) electrons. The SMILES string of the molecule is O=C(Cn1c(=O)oc2cc([N+](=O)[O-])ccc21)Nc1cccc(Cl)c1Cl. The van der Waals surface area contributed by atoms with E-state index in [1.54, 1.807) is 18.2 Å². The van der Waals surface area contributed by atoms with Crippen molar-refractivity contribution in [3.05, 3.63) is 67.1 Å². The van der Waals surface area contributed by atoms with E-state index in [0.717, 1.165) is 10.6 Å². The molecule has 1 N–H and O–H groups in total. The first-order valence-electron chi connectivity index (χ1n) is 6.88. The zero-order valence-electron chi connectivity index (χ0n) is 12.4. The molecule has 0 aliphatic heterocycles. The van der Waals surface area contributed by atoms with Crippen molar-refractivity contribution in [2.75, 3.05) is 5.32 Å². The second-order valence-electron chi connectivity index (χ2n) is 5.01. The fourth-order valence-electron chi connectivity index (χ4n) is 2.25. The van der Waals surface area contributed by atoms with Gasteiger partial charge < -0.3 is 9.73 Å². The molecule has 0 saturated heterocycles. The van der Waals surface area contributed by atoms with Crippen LogP contribution in [0.4, 0.5) is 11.4 Å². The molecule has 3 aromatic rings. The van der Waals surface area contributed by atoms with Gasteiger partial charge in [0.2, 0.25) is 5.91 Å². The highest BCUT2D eigenvalue weighted by atomic mass is 35.5. The molecule has 0 aliphatic carbocycles. The zero-order chi connectivity index (χ0) is 18.1. The second-order valence-corrected chi connectivity index (χ2v) is 5.80. The van der Waals surface area contributed by atoms with Crippen molar-refractivity contribution in [3.8, 4) is 0 Å². The minimum absolute atomic E-state index is 0.0211. The van der Waals surface area contributed by atoms with Crippen molar-refractivity contribution in [1.82, 2.24) is 4.57 Å². The van der Waals surface area contributed by atoms with Crippen LogP contribution in [0, 0.1) is 10.1 Å². The van der Waals surface area contributed by atoms with Crippen LogP contribution in [0.15, 0.2) is 45.6 Å². The lowest BCUT2D eigenvalue weighted by Crippen LogP contribution is -2.24. The van der Waals surface area contributed by atoms with Crippen LogP contribution in [0.5, 0.6) is 0 Å². The summed E-state index contributed by atoms with van der Waals surface area (Å²) >= 11 is 11.9. The van der Waals surface area contributed by atoms with Crippen LogP contribution in [0.2, 0.25) is 10.0 Å². The third-order valence-corrected chi connectivity index (χ3v) is 4.21. The molecule has 3 rings (SSSR count). The minimum atomic E-state index is -0.803. The summed E-state index contributed by atoms with van der Waals surface area (Å²) in [5.74, 6) is -1.34. The summed E-state index contributed by atoms with van der Waals surface area (Å²) in [6, 6.07) is 8.44. The van der Waals surface area contributed by atoms with Gasteiger partial charge in [-0.3, -0.25) is 19.5 Å². The number of amides is 1. The Balaban J connectivity index is 1.88. The first kappa shape index (κ1) is 17.0. The molecule has 0 spiro atoms. The standard InChI is InChI=1S/C15H9Cl2N3O5/c16-9-2-1-3-10(14(9)17)18-13(21)7-19-11-5-4-8(20(23)24)6-12(11)25-15(19)22/h1-6H,7H2,(H,18,21). The Labute approximate surface area is 149 Å². The fraction of sp³-hybridized carbons (Fsp3) is 0.0667. The molecule has 128 valence electrons. The molecule has 8 nitrogen and oxygen atoms in total. The number of carbonyl (C=O) groups is 1. The molecule has 25 heavy (non-hydrogen) atoms. The number of benzene rings is 2. The maximum Gasteiger partial charge on any atom is 0.420 e. The smallest absolute Gasteiger partial charge is 0.407 e. The third kappa shape index (κ3) is 3.35. The monoisotopic (exact) mass is 381 g/mol. The summed E-state index contributed by atoms with van der Waals surface area (Å²) in [4.78, 5) is 34.3. The Morgan fingerprint density at radius 1 is 1.28 bits per heavy atom. The maximum atomic E-state index is 12.2. The molecular formula is C15H9Cl2N3O5. The summed E-state index contributed by atoms with van der Waals surface area (Å²) in [5, 5.41) is 13.8. The molecular weight excluding hydrogens is 373 g/mol. The van der Waals surface area contributed by atoms with Gasteiger partial charge in [-0.1, -0.05) is 29.3 Å². The maximum absolute atomic E-state index is 12.2. The van der Waals surface area contributed by atoms with E-state index in [4.69, 9.17) is 27.6 Å². The van der Waals surface area contributed by atoms with Crippen LogP contribution in [0.3, 0.4) is 0 Å². The molecule has 1 amide bonds. The van der Waals surface area contributed by atoms with Crippen LogP contribution in [-0.4, -0.2) is 15.4 Å². The molecule has 0 atom stereocenters. The van der Waals surface area contributed by atoms with E-state index in [0.29, 0.717) is 5.69 Å². The van der Waals surface area contributed by atoms with Gasteiger partial charge in [0, 0.05) is 6.07 Å². The molecule has 1 heterocycles. The second kappa shape index (κ2) is 6.58. The summed E-state index contributed by atoms with van der Waals surface area (Å²) < 4.78 is 6.02. The van der Waals surface area contributed by atoms with Crippen LogP contribution < -0.4 is 11.1 Å². The van der Waals surface area contributed by atoms with Crippen LogP contribution in [0.1, 0.15) is 0 Å². The van der Waals surface area contributed by atoms with E-state index < -0.39 is 16.6 Å². The fourth-order valence-corrected chi connectivity index (χ4v) is 2.60. The largest absolute Gasteiger partial charge is 0.420 e. The number of halogens is 2. The van der Waals surface area contributed by atoms with Gasteiger partial charge in [0.25, 0.3) is 5.69 Å². The van der Waals surface area contributed by atoms with Gasteiger partial charge in [0.1, 0.15) is 6.54 Å². The number of carbonyl (C=O) groups excluding carboxylic acids is 1. The van der Waals surface area contributed by atoms with Gasteiger partial charge in [0.15, 0.2) is 5.58 Å². The number of fused-ring (bicyclic) bond motifs is 1. The van der Waals surface area contributed by atoms with Crippen LogP contribution in [-0.2, 0) is 11.3 Å². The number of nitrogens with zero attached hydrogens (tertiary/aromatic N) is 2. The van der Waals surface area contributed by atoms with E-state index >= 15 is 0 Å². The number of anilines is 1. The van der Waals surface area contributed by atoms with E-state index in [9.17, 15) is 19.7 Å². The van der Waals surface area contributed by atoms with Gasteiger partial charge in [0.05, 0.1) is 32.2 Å². The van der Waals surface area contributed by atoms with Crippen molar-refractivity contribution in [1.29, 1.82) is 0 Å². The van der Waals surface area contributed by atoms with E-state index in [1.165, 1.54) is 12.1 Å². The molecule has 0 unspecified atom stereocenters. The highest BCUT2D eigenvalue weighted by Crippen LogP contribution is 2.29. The Morgan fingerprint density at radius 3 is 2.76 bits per heavy atom. The number of nitrogens with one attached hydrogen (secondary N) is 1. The summed E-state index contributed by atoms with van der Waals surface area (Å²) in [6.45, 7) is -0.355. The number of aromatic nitrogens is 1. The van der Waals surface area contributed by atoms with Gasteiger partial charge in [-0.2, -0.15) is 0 Å². The van der Waals surface area contributed by atoms with Crippen molar-refractivity contribution in [2.45, 2.75) is 6.54 Å². The van der Waals surface area contributed by atoms with Gasteiger partial charge in [-0.05, 0) is 18.2 Å². The topological polar surface area (TPSA) is 107 Å². The molecule has 0 aliphatic rings. The number of nitro benzene ring substituents is 1. The van der Waals surface area contributed by atoms with Crippen LogP contribution >= 0.6 is 23.2 Å². The predicted molar refractivity (Wildman–Crippen MR) is 92.2 cm³/mol. The van der Waals surface area contributed by atoms with E-state index in [1.807, 2.05) is 0 Å². The lowest BCUT2D eigenvalue weighted by molar-refractivity contribution is -0.384. The van der Waals surface area contributed by atoms with Gasteiger partial charge >= 0.3 is 5.76 Å².